The molecule has 0 aromatic heterocycles. The maximum atomic E-state index is 12.8. The lowest BCUT2D eigenvalue weighted by Crippen LogP contribution is -2.31. The molecule has 122 valence electrons. The second kappa shape index (κ2) is 5.72. The van der Waals surface area contributed by atoms with Crippen molar-refractivity contribution in [2.45, 2.75) is 26.7 Å². The molecule has 1 fully saturated rings. The van der Waals surface area contributed by atoms with Crippen molar-refractivity contribution >= 4 is 17.5 Å². The Morgan fingerprint density at radius 1 is 0.957 bits per heavy atom. The number of rotatable bonds is 3. The van der Waals surface area contributed by atoms with Crippen LogP contribution in [-0.2, 0) is 9.59 Å². The molecule has 1 aliphatic heterocycles. The molecule has 0 saturated carbocycles. The fourth-order valence-corrected chi connectivity index (χ4v) is 3.46. The maximum Gasteiger partial charge on any atom is 0.238 e. The van der Waals surface area contributed by atoms with E-state index in [0.29, 0.717) is 30.0 Å². The zero-order valence-electron chi connectivity index (χ0n) is 13.9. The molecule has 1 saturated heterocycles. The van der Waals surface area contributed by atoms with E-state index in [1.54, 1.807) is 25.3 Å². The van der Waals surface area contributed by atoms with E-state index in [0.717, 1.165) is 0 Å². The fraction of sp³-hybridized carbons (Fsp3) is 0.444. The third-order valence-electron chi connectivity index (χ3n) is 4.97. The summed E-state index contributed by atoms with van der Waals surface area (Å²) in [6, 6.07) is 5.12. The van der Waals surface area contributed by atoms with Crippen LogP contribution in [-0.4, -0.2) is 26.0 Å². The Hall–Kier alpha value is -2.30. The number of benzene rings is 1. The van der Waals surface area contributed by atoms with Gasteiger partial charge < -0.3 is 9.47 Å². The summed E-state index contributed by atoms with van der Waals surface area (Å²) in [7, 11) is 3.08. The highest BCUT2D eigenvalue weighted by molar-refractivity contribution is 6.23. The van der Waals surface area contributed by atoms with E-state index in [1.807, 2.05) is 13.8 Å². The number of imide groups is 1. The summed E-state index contributed by atoms with van der Waals surface area (Å²) in [5.74, 6) is 0.322. The molecule has 1 aliphatic carbocycles. The first-order valence-electron chi connectivity index (χ1n) is 7.73. The van der Waals surface area contributed by atoms with Crippen molar-refractivity contribution in [2.75, 3.05) is 19.1 Å². The molecule has 1 aromatic carbocycles. The summed E-state index contributed by atoms with van der Waals surface area (Å²) in [5, 5.41) is 0. The molecule has 0 N–H and O–H groups in total. The number of nitrogens with zero attached hydrogens (tertiary/aromatic N) is 1. The summed E-state index contributed by atoms with van der Waals surface area (Å²) in [6.45, 7) is 4.08. The summed E-state index contributed by atoms with van der Waals surface area (Å²) in [4.78, 5) is 26.9. The van der Waals surface area contributed by atoms with Gasteiger partial charge in [0.1, 0.15) is 11.5 Å². The van der Waals surface area contributed by atoms with E-state index >= 15 is 0 Å². The number of anilines is 1. The van der Waals surface area contributed by atoms with Crippen LogP contribution in [0.4, 0.5) is 5.69 Å². The van der Waals surface area contributed by atoms with Crippen molar-refractivity contribution in [3.63, 3.8) is 0 Å². The Bertz CT molecular complexity index is 675. The molecule has 2 aliphatic rings. The van der Waals surface area contributed by atoms with Crippen LogP contribution in [0, 0.1) is 11.8 Å². The first-order valence-corrected chi connectivity index (χ1v) is 7.73. The predicted octanol–water partition coefficient (Wildman–Crippen LogP) is 2.94. The number of carbonyl (C=O) groups is 2. The molecule has 0 unspecified atom stereocenters. The maximum absolute atomic E-state index is 12.8. The molecule has 0 radical (unpaired) electrons. The van der Waals surface area contributed by atoms with E-state index in [1.165, 1.54) is 23.2 Å². The second-order valence-corrected chi connectivity index (χ2v) is 6.23. The van der Waals surface area contributed by atoms with Gasteiger partial charge >= 0.3 is 0 Å². The minimum absolute atomic E-state index is 0.129. The highest BCUT2D eigenvalue weighted by Crippen LogP contribution is 2.44. The Labute approximate surface area is 135 Å². The van der Waals surface area contributed by atoms with Crippen molar-refractivity contribution < 1.29 is 19.1 Å². The van der Waals surface area contributed by atoms with Crippen LogP contribution in [0.2, 0.25) is 0 Å². The summed E-state index contributed by atoms with van der Waals surface area (Å²) >= 11 is 0. The Balaban J connectivity index is 2.00. The first-order chi connectivity index (χ1) is 11.0. The van der Waals surface area contributed by atoms with Crippen LogP contribution in [0.15, 0.2) is 29.3 Å². The van der Waals surface area contributed by atoms with Crippen molar-refractivity contribution in [3.05, 3.63) is 29.3 Å². The zero-order chi connectivity index (χ0) is 16.7. The Morgan fingerprint density at radius 2 is 1.52 bits per heavy atom. The van der Waals surface area contributed by atoms with E-state index in [4.69, 9.17) is 9.47 Å². The molecule has 2 atom stereocenters. The van der Waals surface area contributed by atoms with Crippen LogP contribution in [0.25, 0.3) is 0 Å². The third-order valence-corrected chi connectivity index (χ3v) is 4.97. The summed E-state index contributed by atoms with van der Waals surface area (Å²) < 4.78 is 10.5. The largest absolute Gasteiger partial charge is 0.497 e. The van der Waals surface area contributed by atoms with Gasteiger partial charge in [-0.15, -0.1) is 0 Å². The van der Waals surface area contributed by atoms with E-state index in [-0.39, 0.29) is 23.7 Å². The van der Waals surface area contributed by atoms with E-state index in [9.17, 15) is 9.59 Å². The molecule has 0 bridgehead atoms. The van der Waals surface area contributed by atoms with Gasteiger partial charge in [0.15, 0.2) is 0 Å². The lowest BCUT2D eigenvalue weighted by molar-refractivity contribution is -0.122. The Kier molecular flexibility index (Phi) is 3.88. The molecular weight excluding hydrogens is 294 g/mol. The quantitative estimate of drug-likeness (QED) is 0.636. The Morgan fingerprint density at radius 3 is 2.00 bits per heavy atom. The van der Waals surface area contributed by atoms with Gasteiger partial charge in [-0.2, -0.15) is 0 Å². The predicted molar refractivity (Wildman–Crippen MR) is 86.6 cm³/mol. The number of methoxy groups -OCH3 is 2. The molecule has 23 heavy (non-hydrogen) atoms. The monoisotopic (exact) mass is 315 g/mol. The molecule has 5 nitrogen and oxygen atoms in total. The smallest absolute Gasteiger partial charge is 0.238 e. The number of hydrogen-bond acceptors (Lipinski definition) is 4. The van der Waals surface area contributed by atoms with Crippen molar-refractivity contribution in [1.29, 1.82) is 0 Å². The minimum Gasteiger partial charge on any atom is -0.497 e. The van der Waals surface area contributed by atoms with Gasteiger partial charge in [0.05, 0.1) is 31.7 Å². The number of hydrogen-bond donors (Lipinski definition) is 0. The molecule has 2 amide bonds. The third kappa shape index (κ3) is 2.40. The van der Waals surface area contributed by atoms with Crippen molar-refractivity contribution in [1.82, 2.24) is 0 Å². The number of fused-ring (bicyclic) bond motifs is 1. The number of amides is 2. The minimum atomic E-state index is -0.252. The van der Waals surface area contributed by atoms with Gasteiger partial charge in [-0.1, -0.05) is 11.1 Å². The highest BCUT2D eigenvalue weighted by Gasteiger charge is 2.50. The molecule has 1 heterocycles. The number of allylic oxidation sites excluding steroid dienone is 2. The SMILES string of the molecule is COc1ccc(N2C(=O)[C@H]3CC(C)=C(C)C[C@@H]3C2=O)c(OC)c1. The van der Waals surface area contributed by atoms with Crippen LogP contribution >= 0.6 is 0 Å². The second-order valence-electron chi connectivity index (χ2n) is 6.23. The van der Waals surface area contributed by atoms with Crippen LogP contribution in [0.3, 0.4) is 0 Å². The van der Waals surface area contributed by atoms with Crippen LogP contribution in [0.5, 0.6) is 11.5 Å². The normalized spacial score (nSPS) is 24.1. The van der Waals surface area contributed by atoms with Gasteiger partial charge in [-0.25, -0.2) is 4.90 Å². The lowest BCUT2D eigenvalue weighted by Gasteiger charge is -2.23. The summed E-state index contributed by atoms with van der Waals surface area (Å²) in [6.07, 6.45) is 1.33. The van der Waals surface area contributed by atoms with Gasteiger partial charge in [0, 0.05) is 6.07 Å². The average molecular weight is 315 g/mol. The van der Waals surface area contributed by atoms with Crippen molar-refractivity contribution in [2.24, 2.45) is 11.8 Å². The standard InChI is InChI=1S/C18H21NO4/c1-10-7-13-14(8-11(10)2)18(21)19(17(13)20)15-6-5-12(22-3)9-16(15)23-4/h5-6,9,13-14H,7-8H2,1-4H3/t13-,14-/m0/s1. The molecule has 0 spiro atoms. The number of ether oxygens (including phenoxy) is 2. The van der Waals surface area contributed by atoms with Crippen molar-refractivity contribution in [3.8, 4) is 11.5 Å². The number of carbonyl (C=O) groups excluding carboxylic acids is 2. The lowest BCUT2D eigenvalue weighted by atomic mass is 9.78. The van der Waals surface area contributed by atoms with Gasteiger partial charge in [0.25, 0.3) is 0 Å². The molecule has 3 rings (SSSR count). The van der Waals surface area contributed by atoms with Crippen LogP contribution in [0.1, 0.15) is 26.7 Å². The highest BCUT2D eigenvalue weighted by atomic mass is 16.5. The van der Waals surface area contributed by atoms with Gasteiger partial charge in [0.2, 0.25) is 11.8 Å². The van der Waals surface area contributed by atoms with E-state index in [2.05, 4.69) is 0 Å². The van der Waals surface area contributed by atoms with Gasteiger partial charge in [-0.05, 0) is 38.8 Å². The molecular formula is C18H21NO4. The fourth-order valence-electron chi connectivity index (χ4n) is 3.46. The summed E-state index contributed by atoms with van der Waals surface area (Å²) in [5.41, 5.74) is 2.93. The van der Waals surface area contributed by atoms with Crippen LogP contribution < -0.4 is 14.4 Å². The average Bonchev–Trinajstić information content (AvgIpc) is 2.78. The first kappa shape index (κ1) is 15.6. The van der Waals surface area contributed by atoms with Gasteiger partial charge in [-0.3, -0.25) is 9.59 Å². The van der Waals surface area contributed by atoms with E-state index < -0.39 is 0 Å². The molecule has 1 aromatic rings. The zero-order valence-corrected chi connectivity index (χ0v) is 13.9. The molecule has 5 heteroatoms. The topological polar surface area (TPSA) is 55.8 Å².